The van der Waals surface area contributed by atoms with Crippen molar-refractivity contribution in [1.82, 2.24) is 14.7 Å². The number of carbonyl (C=O) groups is 2. The topological polar surface area (TPSA) is 79.1 Å². The van der Waals surface area contributed by atoms with Gasteiger partial charge in [-0.2, -0.15) is 0 Å². The Bertz CT molecular complexity index is 1200. The van der Waals surface area contributed by atoms with Gasteiger partial charge in [-0.15, -0.1) is 0 Å². The van der Waals surface area contributed by atoms with Crippen LogP contribution in [0.4, 0.5) is 0 Å². The molecule has 39 heavy (non-hydrogen) atoms. The number of rotatable bonds is 8. The maximum absolute atomic E-state index is 13.4. The average Bonchev–Trinajstić information content (AvgIpc) is 2.88. The van der Waals surface area contributed by atoms with Crippen molar-refractivity contribution in [3.8, 4) is 0 Å². The molecule has 0 aromatic heterocycles. The zero-order valence-electron chi connectivity index (χ0n) is 22.2. The fraction of sp³-hybridized carbons (Fsp3) is 0.500. The molecule has 1 atom stereocenters. The molecule has 2 fully saturated rings. The second kappa shape index (κ2) is 12.5. The van der Waals surface area contributed by atoms with Crippen LogP contribution in [0.5, 0.6) is 0 Å². The average molecular weight is 616 g/mol. The van der Waals surface area contributed by atoms with Crippen LogP contribution in [0.15, 0.2) is 36.4 Å². The van der Waals surface area contributed by atoms with Crippen LogP contribution in [0, 0.1) is 0 Å². The van der Waals surface area contributed by atoms with Gasteiger partial charge < -0.3 is 20.3 Å². The van der Waals surface area contributed by atoms with E-state index in [-0.39, 0.29) is 18.2 Å². The number of piperazine rings is 1. The fourth-order valence-corrected chi connectivity index (χ4v) is 6.14. The Morgan fingerprint density at radius 1 is 0.949 bits per heavy atom. The number of hydrogen-bond donors (Lipinski definition) is 1. The van der Waals surface area contributed by atoms with E-state index in [1.54, 1.807) is 24.3 Å². The number of ether oxygens (including phenoxy) is 1. The van der Waals surface area contributed by atoms with E-state index in [0.717, 1.165) is 43.9 Å². The van der Waals surface area contributed by atoms with Gasteiger partial charge in [0.15, 0.2) is 0 Å². The Morgan fingerprint density at radius 2 is 1.62 bits per heavy atom. The molecule has 0 radical (unpaired) electrons. The first kappa shape index (κ1) is 30.4. The first-order valence-corrected chi connectivity index (χ1v) is 14.5. The zero-order valence-corrected chi connectivity index (χ0v) is 25.2. The molecule has 2 N–H and O–H groups in total. The Morgan fingerprint density at radius 3 is 2.23 bits per heavy atom. The van der Waals surface area contributed by atoms with Crippen LogP contribution in [0.2, 0.25) is 20.1 Å². The summed E-state index contributed by atoms with van der Waals surface area (Å²) < 4.78 is 6.48. The van der Waals surface area contributed by atoms with Crippen molar-refractivity contribution in [2.75, 3.05) is 52.4 Å². The number of nitrogens with two attached hydrogens (primary N) is 1. The third-order valence-corrected chi connectivity index (χ3v) is 9.04. The summed E-state index contributed by atoms with van der Waals surface area (Å²) in [5.74, 6) is -0.349. The van der Waals surface area contributed by atoms with Crippen LogP contribution in [-0.2, 0) is 26.3 Å². The molecule has 2 amide bonds. The number of benzene rings is 2. The second-order valence-corrected chi connectivity index (χ2v) is 12.4. The largest absolute Gasteiger partial charge is 0.368 e. The van der Waals surface area contributed by atoms with Gasteiger partial charge in [0.2, 0.25) is 11.8 Å². The number of hydrogen-bond acceptors (Lipinski definition) is 5. The maximum Gasteiger partial charge on any atom is 0.237 e. The quantitative estimate of drug-likeness (QED) is 0.458. The van der Waals surface area contributed by atoms with Crippen molar-refractivity contribution in [1.29, 1.82) is 0 Å². The highest BCUT2D eigenvalue weighted by Gasteiger charge is 2.41. The van der Waals surface area contributed by atoms with Crippen LogP contribution in [-0.4, -0.2) is 84.5 Å². The number of nitrogens with zero attached hydrogens (tertiary/aromatic N) is 3. The SMILES string of the molecule is CC(C)(C(N)=O)N1CCN(CCC2(c3ccc(Cl)c(Cl)c3)CN(C(=O)Cc3cc(Cl)cc(Cl)c3)CCO2)CC1. The number of morpholine rings is 1. The molecule has 0 aliphatic carbocycles. The van der Waals surface area contributed by atoms with Gasteiger partial charge in [-0.3, -0.25) is 14.5 Å². The standard InChI is InChI=1S/C28H34Cl4N4O3/c1-27(2,26(33)38)36-9-7-34(8-10-36)6-5-28(20-3-4-23(31)24(32)16-20)18-35(11-12-39-28)25(37)15-19-13-21(29)17-22(30)14-19/h3-4,13-14,16-17H,5-12,15,18H2,1-2H3,(H2,33,38). The summed E-state index contributed by atoms with van der Waals surface area (Å²) in [5.41, 5.74) is 5.83. The summed E-state index contributed by atoms with van der Waals surface area (Å²) in [4.78, 5) is 31.6. The molecule has 11 heteroatoms. The van der Waals surface area contributed by atoms with Gasteiger partial charge in [0.25, 0.3) is 0 Å². The highest BCUT2D eigenvalue weighted by atomic mass is 35.5. The molecule has 0 saturated carbocycles. The predicted octanol–water partition coefficient (Wildman–Crippen LogP) is 4.87. The smallest absolute Gasteiger partial charge is 0.237 e. The van der Waals surface area contributed by atoms with E-state index in [2.05, 4.69) is 9.80 Å². The van der Waals surface area contributed by atoms with Gasteiger partial charge >= 0.3 is 0 Å². The Balaban J connectivity index is 1.50. The van der Waals surface area contributed by atoms with Gasteiger partial charge in [-0.05, 0) is 61.7 Å². The van der Waals surface area contributed by atoms with Gasteiger partial charge in [-0.25, -0.2) is 0 Å². The summed E-state index contributed by atoms with van der Waals surface area (Å²) in [6.45, 7) is 8.81. The minimum atomic E-state index is -0.752. The van der Waals surface area contributed by atoms with Crippen molar-refractivity contribution >= 4 is 58.2 Å². The number of primary amides is 1. The Hall–Kier alpha value is -1.58. The molecule has 4 rings (SSSR count). The summed E-state index contributed by atoms with van der Waals surface area (Å²) in [5, 5.41) is 1.90. The fourth-order valence-electron chi connectivity index (χ4n) is 5.27. The molecule has 0 spiro atoms. The summed E-state index contributed by atoms with van der Waals surface area (Å²) in [7, 11) is 0. The van der Waals surface area contributed by atoms with Crippen LogP contribution < -0.4 is 5.73 Å². The van der Waals surface area contributed by atoms with Crippen LogP contribution in [0.25, 0.3) is 0 Å². The predicted molar refractivity (Wildman–Crippen MR) is 157 cm³/mol. The minimum absolute atomic E-state index is 0.0247. The second-order valence-electron chi connectivity index (χ2n) is 10.7. The molecule has 1 unspecified atom stereocenters. The summed E-state index contributed by atoms with van der Waals surface area (Å²) >= 11 is 25.0. The summed E-state index contributed by atoms with van der Waals surface area (Å²) in [6, 6.07) is 10.7. The molecule has 2 heterocycles. The van der Waals surface area contributed by atoms with Gasteiger partial charge in [-0.1, -0.05) is 52.5 Å². The van der Waals surface area contributed by atoms with E-state index < -0.39 is 11.1 Å². The Labute approximate surface area is 250 Å². The van der Waals surface area contributed by atoms with Crippen molar-refractivity contribution in [2.45, 2.75) is 37.8 Å². The number of carbonyl (C=O) groups excluding carboxylic acids is 2. The highest BCUT2D eigenvalue weighted by molar-refractivity contribution is 6.42. The van der Waals surface area contributed by atoms with Crippen molar-refractivity contribution in [3.05, 3.63) is 67.6 Å². The molecule has 2 aromatic carbocycles. The van der Waals surface area contributed by atoms with Gasteiger partial charge in [0.1, 0.15) is 5.60 Å². The maximum atomic E-state index is 13.4. The lowest BCUT2D eigenvalue weighted by molar-refractivity contribution is -0.154. The first-order chi connectivity index (χ1) is 18.4. The van der Waals surface area contributed by atoms with E-state index in [1.807, 2.05) is 30.9 Å². The molecule has 212 valence electrons. The van der Waals surface area contributed by atoms with Crippen molar-refractivity contribution in [3.63, 3.8) is 0 Å². The van der Waals surface area contributed by atoms with Crippen LogP contribution in [0.3, 0.4) is 0 Å². The van der Waals surface area contributed by atoms with Crippen LogP contribution >= 0.6 is 46.4 Å². The van der Waals surface area contributed by atoms with E-state index in [1.165, 1.54) is 0 Å². The summed E-state index contributed by atoms with van der Waals surface area (Å²) in [6.07, 6.45) is 0.840. The minimum Gasteiger partial charge on any atom is -0.368 e. The van der Waals surface area contributed by atoms with Crippen molar-refractivity contribution < 1.29 is 14.3 Å². The monoisotopic (exact) mass is 614 g/mol. The van der Waals surface area contributed by atoms with E-state index >= 15 is 0 Å². The highest BCUT2D eigenvalue weighted by Crippen LogP contribution is 2.37. The molecule has 0 bridgehead atoms. The molecular formula is C28H34Cl4N4O3. The third-order valence-electron chi connectivity index (χ3n) is 7.86. The lowest BCUT2D eigenvalue weighted by Gasteiger charge is -2.46. The Kier molecular flexibility index (Phi) is 9.75. The molecule has 2 aliphatic rings. The third kappa shape index (κ3) is 7.20. The lowest BCUT2D eigenvalue weighted by Crippen LogP contribution is -2.60. The van der Waals surface area contributed by atoms with E-state index in [9.17, 15) is 9.59 Å². The van der Waals surface area contributed by atoms with Crippen molar-refractivity contribution in [2.24, 2.45) is 5.73 Å². The van der Waals surface area contributed by atoms with E-state index in [4.69, 9.17) is 56.9 Å². The molecule has 2 aromatic rings. The zero-order chi connectivity index (χ0) is 28.4. The molecule has 7 nitrogen and oxygen atoms in total. The lowest BCUT2D eigenvalue weighted by atomic mass is 9.87. The molecule has 2 aliphatic heterocycles. The molecule has 2 saturated heterocycles. The van der Waals surface area contributed by atoms with Gasteiger partial charge in [0, 0.05) is 49.3 Å². The number of amides is 2. The number of halogens is 4. The van der Waals surface area contributed by atoms with E-state index in [0.29, 0.717) is 46.2 Å². The first-order valence-electron chi connectivity index (χ1n) is 13.0. The van der Waals surface area contributed by atoms with Gasteiger partial charge in [0.05, 0.1) is 35.2 Å². The molecular weight excluding hydrogens is 582 g/mol. The van der Waals surface area contributed by atoms with Crippen LogP contribution in [0.1, 0.15) is 31.4 Å². The normalized spacial score (nSPS) is 21.2.